The fourth-order valence-corrected chi connectivity index (χ4v) is 5.80. The lowest BCUT2D eigenvalue weighted by Gasteiger charge is -2.49. The standard InChI is InChI=1S/C28H39N5O2/c1-21-29-17-11-23(30-21)31-25(35)26(2,3)16-18-33-20-27(19-24(33)34)12-14-28(15-13-27,32(4)5)22-9-7-6-8-10-22/h6-11,17H,12-16,18-20H2,1-5H3,(H,29,30,31,35)/t27-,28-. The van der Waals surface area contributed by atoms with E-state index in [0.29, 0.717) is 31.0 Å². The van der Waals surface area contributed by atoms with Crippen LogP contribution in [0.1, 0.15) is 63.8 Å². The number of rotatable bonds is 7. The molecule has 0 radical (unpaired) electrons. The highest BCUT2D eigenvalue weighted by molar-refractivity contribution is 5.94. The van der Waals surface area contributed by atoms with Crippen LogP contribution >= 0.6 is 0 Å². The van der Waals surface area contributed by atoms with Gasteiger partial charge in [0.25, 0.3) is 0 Å². The molecule has 2 aliphatic rings. The molecule has 4 rings (SSSR count). The van der Waals surface area contributed by atoms with Crippen LogP contribution in [0.3, 0.4) is 0 Å². The van der Waals surface area contributed by atoms with E-state index in [-0.39, 0.29) is 22.8 Å². The summed E-state index contributed by atoms with van der Waals surface area (Å²) in [4.78, 5) is 38.6. The number of benzene rings is 1. The first-order chi connectivity index (χ1) is 16.6. The SMILES string of the molecule is Cc1nccc(NC(=O)C(C)(C)CCN2C[C@]3(CC[C@](c4ccccc4)(N(C)C)CC3)CC2=O)n1. The summed E-state index contributed by atoms with van der Waals surface area (Å²) in [5, 5.41) is 2.90. The van der Waals surface area contributed by atoms with E-state index in [9.17, 15) is 9.59 Å². The molecule has 188 valence electrons. The van der Waals surface area contributed by atoms with E-state index in [1.807, 2.05) is 18.7 Å². The zero-order chi connectivity index (χ0) is 25.3. The van der Waals surface area contributed by atoms with Gasteiger partial charge in [-0.3, -0.25) is 14.5 Å². The molecule has 0 atom stereocenters. The molecule has 0 unspecified atom stereocenters. The van der Waals surface area contributed by atoms with Crippen molar-refractivity contribution in [1.82, 2.24) is 19.8 Å². The van der Waals surface area contributed by atoms with Crippen molar-refractivity contribution in [3.05, 3.63) is 54.0 Å². The molecule has 7 heteroatoms. The molecule has 2 fully saturated rings. The Labute approximate surface area is 209 Å². The topological polar surface area (TPSA) is 78.4 Å². The molecule has 2 amide bonds. The first kappa shape index (κ1) is 25.3. The predicted molar refractivity (Wildman–Crippen MR) is 138 cm³/mol. The minimum atomic E-state index is -0.616. The van der Waals surface area contributed by atoms with Crippen LogP contribution in [0.5, 0.6) is 0 Å². The molecule has 0 bridgehead atoms. The minimum Gasteiger partial charge on any atom is -0.342 e. The van der Waals surface area contributed by atoms with Crippen molar-refractivity contribution in [2.75, 3.05) is 32.5 Å². The highest BCUT2D eigenvalue weighted by Gasteiger charge is 2.50. The van der Waals surface area contributed by atoms with E-state index < -0.39 is 5.41 Å². The molecule has 1 saturated heterocycles. The summed E-state index contributed by atoms with van der Waals surface area (Å²) in [6.07, 6.45) is 7.06. The van der Waals surface area contributed by atoms with Crippen molar-refractivity contribution in [2.24, 2.45) is 10.8 Å². The maximum atomic E-state index is 13.0. The van der Waals surface area contributed by atoms with Crippen LogP contribution in [0.4, 0.5) is 5.82 Å². The highest BCUT2D eigenvalue weighted by atomic mass is 16.2. The smallest absolute Gasteiger partial charge is 0.231 e. The largest absolute Gasteiger partial charge is 0.342 e. The van der Waals surface area contributed by atoms with Crippen molar-refractivity contribution in [1.29, 1.82) is 0 Å². The Morgan fingerprint density at radius 2 is 1.80 bits per heavy atom. The van der Waals surface area contributed by atoms with E-state index in [2.05, 4.69) is 64.6 Å². The molecule has 2 aromatic rings. The van der Waals surface area contributed by atoms with Crippen LogP contribution in [0, 0.1) is 17.8 Å². The van der Waals surface area contributed by atoms with Gasteiger partial charge >= 0.3 is 0 Å². The summed E-state index contributed by atoms with van der Waals surface area (Å²) in [6.45, 7) is 7.05. The lowest BCUT2D eigenvalue weighted by molar-refractivity contribution is -0.130. The van der Waals surface area contributed by atoms with E-state index >= 15 is 0 Å². The number of aryl methyl sites for hydroxylation is 1. The zero-order valence-corrected chi connectivity index (χ0v) is 21.8. The molecule has 1 N–H and O–H groups in total. The van der Waals surface area contributed by atoms with Gasteiger partial charge in [0, 0.05) is 36.7 Å². The Morgan fingerprint density at radius 1 is 1.11 bits per heavy atom. The van der Waals surface area contributed by atoms with Crippen LogP contribution in [0.25, 0.3) is 0 Å². The summed E-state index contributed by atoms with van der Waals surface area (Å²) in [5.74, 6) is 1.27. The molecular formula is C28H39N5O2. The van der Waals surface area contributed by atoms with Gasteiger partial charge in [0.1, 0.15) is 11.6 Å². The fourth-order valence-electron chi connectivity index (χ4n) is 5.80. The zero-order valence-electron chi connectivity index (χ0n) is 21.8. The summed E-state index contributed by atoms with van der Waals surface area (Å²) >= 11 is 0. The monoisotopic (exact) mass is 477 g/mol. The predicted octanol–water partition coefficient (Wildman–Crippen LogP) is 4.39. The Hall–Kier alpha value is -2.80. The number of carbonyl (C=O) groups is 2. The average molecular weight is 478 g/mol. The van der Waals surface area contributed by atoms with Crippen molar-refractivity contribution < 1.29 is 9.59 Å². The Kier molecular flexibility index (Phi) is 7.00. The van der Waals surface area contributed by atoms with Gasteiger partial charge in [-0.15, -0.1) is 0 Å². The molecule has 1 saturated carbocycles. The molecule has 1 aromatic carbocycles. The molecule has 1 spiro atoms. The van der Waals surface area contributed by atoms with Gasteiger partial charge in [-0.25, -0.2) is 9.97 Å². The molecule has 1 aromatic heterocycles. The van der Waals surface area contributed by atoms with Crippen molar-refractivity contribution >= 4 is 17.6 Å². The molecule has 7 nitrogen and oxygen atoms in total. The number of hydrogen-bond acceptors (Lipinski definition) is 5. The number of anilines is 1. The summed E-state index contributed by atoms with van der Waals surface area (Å²) in [5.41, 5.74) is 0.834. The number of likely N-dealkylation sites (tertiary alicyclic amines) is 1. The maximum absolute atomic E-state index is 13.0. The number of nitrogens with zero attached hydrogens (tertiary/aromatic N) is 4. The second-order valence-electron chi connectivity index (χ2n) is 11.4. The number of carbonyl (C=O) groups excluding carboxylic acids is 2. The van der Waals surface area contributed by atoms with Crippen LogP contribution in [-0.4, -0.2) is 58.8 Å². The Bertz CT molecular complexity index is 1060. The molecule has 1 aliphatic heterocycles. The molecule has 2 heterocycles. The molecule has 35 heavy (non-hydrogen) atoms. The molecule has 1 aliphatic carbocycles. The van der Waals surface area contributed by atoms with Gasteiger partial charge in [-0.1, -0.05) is 44.2 Å². The van der Waals surface area contributed by atoms with E-state index in [0.717, 1.165) is 32.2 Å². The van der Waals surface area contributed by atoms with Gasteiger partial charge in [0.15, 0.2) is 0 Å². The number of amides is 2. The van der Waals surface area contributed by atoms with E-state index in [4.69, 9.17) is 0 Å². The van der Waals surface area contributed by atoms with Crippen molar-refractivity contribution in [3.63, 3.8) is 0 Å². The van der Waals surface area contributed by atoms with E-state index in [1.165, 1.54) is 5.56 Å². The van der Waals surface area contributed by atoms with Crippen LogP contribution in [-0.2, 0) is 15.1 Å². The quantitative estimate of drug-likeness (QED) is 0.640. The number of nitrogens with one attached hydrogen (secondary N) is 1. The van der Waals surface area contributed by atoms with Crippen LogP contribution < -0.4 is 5.32 Å². The maximum Gasteiger partial charge on any atom is 0.231 e. The number of hydrogen-bond donors (Lipinski definition) is 1. The molecular weight excluding hydrogens is 438 g/mol. The second-order valence-corrected chi connectivity index (χ2v) is 11.4. The first-order valence-corrected chi connectivity index (χ1v) is 12.7. The van der Waals surface area contributed by atoms with Gasteiger partial charge < -0.3 is 10.2 Å². The normalized spacial score (nSPS) is 24.9. The summed E-state index contributed by atoms with van der Waals surface area (Å²) < 4.78 is 0. The highest BCUT2D eigenvalue weighted by Crippen LogP contribution is 2.52. The van der Waals surface area contributed by atoms with Gasteiger partial charge in [0.05, 0.1) is 0 Å². The fraction of sp³-hybridized carbons (Fsp3) is 0.571. The third-order valence-electron chi connectivity index (χ3n) is 8.35. The first-order valence-electron chi connectivity index (χ1n) is 12.7. The van der Waals surface area contributed by atoms with Gasteiger partial charge in [-0.05, 0) is 70.2 Å². The second kappa shape index (κ2) is 9.69. The Balaban J connectivity index is 1.36. The summed E-state index contributed by atoms with van der Waals surface area (Å²) in [7, 11) is 4.35. The van der Waals surface area contributed by atoms with Crippen LogP contribution in [0.15, 0.2) is 42.6 Å². The summed E-state index contributed by atoms with van der Waals surface area (Å²) in [6, 6.07) is 12.5. The average Bonchev–Trinajstić information content (AvgIpc) is 3.13. The lowest BCUT2D eigenvalue weighted by atomic mass is 9.64. The Morgan fingerprint density at radius 3 is 2.43 bits per heavy atom. The third-order valence-corrected chi connectivity index (χ3v) is 8.35. The van der Waals surface area contributed by atoms with Gasteiger partial charge in [0.2, 0.25) is 11.8 Å². The van der Waals surface area contributed by atoms with Gasteiger partial charge in [-0.2, -0.15) is 0 Å². The van der Waals surface area contributed by atoms with E-state index in [1.54, 1.807) is 19.2 Å². The van der Waals surface area contributed by atoms with Crippen molar-refractivity contribution in [3.8, 4) is 0 Å². The van der Waals surface area contributed by atoms with Crippen molar-refractivity contribution in [2.45, 2.75) is 64.8 Å². The minimum absolute atomic E-state index is 0.0302. The van der Waals surface area contributed by atoms with Crippen LogP contribution in [0.2, 0.25) is 0 Å². The number of aromatic nitrogens is 2. The lowest BCUT2D eigenvalue weighted by Crippen LogP contribution is -2.47. The third kappa shape index (κ3) is 5.25.